The maximum Gasteiger partial charge on any atom is 0.260 e. The monoisotopic (exact) mass is 333 g/mol. The van der Waals surface area contributed by atoms with Gasteiger partial charge in [-0.15, -0.1) is 0 Å². The van der Waals surface area contributed by atoms with Crippen molar-refractivity contribution in [2.75, 3.05) is 39.5 Å². The van der Waals surface area contributed by atoms with Gasteiger partial charge in [-0.2, -0.15) is 0 Å². The van der Waals surface area contributed by atoms with E-state index in [9.17, 15) is 14.4 Å². The first-order valence-electron chi connectivity index (χ1n) is 7.89. The highest BCUT2D eigenvalue weighted by Gasteiger charge is 2.25. The van der Waals surface area contributed by atoms with E-state index in [2.05, 4.69) is 0 Å². The van der Waals surface area contributed by atoms with Crippen LogP contribution in [0.15, 0.2) is 12.1 Å². The summed E-state index contributed by atoms with van der Waals surface area (Å²) in [7, 11) is 0. The zero-order valence-electron chi connectivity index (χ0n) is 13.5. The fraction of sp³-hybridized carbons (Fsp3) is 0.471. The standard InChI is InChI=1S/C17H19NO6/c1-11(19)13-8-12(9-14-15(20)2-5-23-17(13)14)24-10-16(21)18-3-6-22-7-4-18/h8-9H,2-7,10H2,1H3. The molecule has 7 nitrogen and oxygen atoms in total. The number of benzene rings is 1. The third kappa shape index (κ3) is 3.41. The molecule has 0 saturated carbocycles. The van der Waals surface area contributed by atoms with E-state index < -0.39 is 0 Å². The van der Waals surface area contributed by atoms with E-state index in [-0.39, 0.29) is 37.1 Å². The number of hydrogen-bond acceptors (Lipinski definition) is 6. The lowest BCUT2D eigenvalue weighted by molar-refractivity contribution is -0.137. The molecule has 0 spiro atoms. The number of carbonyl (C=O) groups is 3. The lowest BCUT2D eigenvalue weighted by Gasteiger charge is -2.27. The molecule has 0 aromatic heterocycles. The molecule has 128 valence electrons. The van der Waals surface area contributed by atoms with E-state index in [1.54, 1.807) is 4.90 Å². The van der Waals surface area contributed by atoms with Gasteiger partial charge in [-0.05, 0) is 19.1 Å². The lowest BCUT2D eigenvalue weighted by Crippen LogP contribution is -2.43. The van der Waals surface area contributed by atoms with Crippen LogP contribution in [0.3, 0.4) is 0 Å². The van der Waals surface area contributed by atoms with Crippen LogP contribution in [0.4, 0.5) is 0 Å². The van der Waals surface area contributed by atoms with Crippen LogP contribution in [0.1, 0.15) is 34.1 Å². The quantitative estimate of drug-likeness (QED) is 0.767. The second kappa shape index (κ2) is 7.00. The highest BCUT2D eigenvalue weighted by atomic mass is 16.5. The molecule has 24 heavy (non-hydrogen) atoms. The predicted molar refractivity (Wildman–Crippen MR) is 83.8 cm³/mol. The minimum absolute atomic E-state index is 0.0938. The van der Waals surface area contributed by atoms with Gasteiger partial charge in [-0.1, -0.05) is 0 Å². The molecular formula is C17H19NO6. The Labute approximate surface area is 139 Å². The summed E-state index contributed by atoms with van der Waals surface area (Å²) in [5.41, 5.74) is 0.636. The van der Waals surface area contributed by atoms with Gasteiger partial charge in [-0.25, -0.2) is 0 Å². The van der Waals surface area contributed by atoms with Gasteiger partial charge in [0.2, 0.25) is 0 Å². The van der Waals surface area contributed by atoms with Gasteiger partial charge >= 0.3 is 0 Å². The average Bonchev–Trinajstić information content (AvgIpc) is 2.60. The van der Waals surface area contributed by atoms with Gasteiger partial charge in [0.25, 0.3) is 5.91 Å². The molecule has 3 rings (SSSR count). The number of ketones is 2. The SMILES string of the molecule is CC(=O)c1cc(OCC(=O)N2CCOCC2)cc2c1OCCC2=O. The normalized spacial score (nSPS) is 17.0. The van der Waals surface area contributed by atoms with Crippen LogP contribution in [0.2, 0.25) is 0 Å². The summed E-state index contributed by atoms with van der Waals surface area (Å²) in [4.78, 5) is 37.7. The Morgan fingerprint density at radius 3 is 2.67 bits per heavy atom. The van der Waals surface area contributed by atoms with Crippen molar-refractivity contribution < 1.29 is 28.6 Å². The molecule has 0 aliphatic carbocycles. The first-order chi connectivity index (χ1) is 11.6. The Kier molecular flexibility index (Phi) is 4.80. The molecule has 1 amide bonds. The number of ether oxygens (including phenoxy) is 3. The Balaban J connectivity index is 1.77. The van der Waals surface area contributed by atoms with Gasteiger partial charge in [0.1, 0.15) is 11.5 Å². The summed E-state index contributed by atoms with van der Waals surface area (Å²) in [6, 6.07) is 3.06. The van der Waals surface area contributed by atoms with E-state index in [1.165, 1.54) is 19.1 Å². The molecule has 1 fully saturated rings. The highest BCUT2D eigenvalue weighted by molar-refractivity contribution is 6.06. The summed E-state index contributed by atoms with van der Waals surface area (Å²) in [5.74, 6) is 0.169. The summed E-state index contributed by atoms with van der Waals surface area (Å²) in [5, 5.41) is 0. The van der Waals surface area contributed by atoms with Gasteiger partial charge in [-0.3, -0.25) is 14.4 Å². The number of amides is 1. The molecule has 0 unspecified atom stereocenters. The molecular weight excluding hydrogens is 314 g/mol. The summed E-state index contributed by atoms with van der Waals surface area (Å²) in [6.45, 7) is 3.64. The van der Waals surface area contributed by atoms with Crippen molar-refractivity contribution in [2.24, 2.45) is 0 Å². The van der Waals surface area contributed by atoms with Crippen molar-refractivity contribution in [3.05, 3.63) is 23.3 Å². The summed E-state index contributed by atoms with van der Waals surface area (Å²) in [6.07, 6.45) is 0.264. The molecule has 7 heteroatoms. The van der Waals surface area contributed by atoms with Crippen LogP contribution in [-0.4, -0.2) is 61.9 Å². The Bertz CT molecular complexity index is 661. The zero-order chi connectivity index (χ0) is 17.1. The molecule has 2 aliphatic rings. The van der Waals surface area contributed by atoms with Crippen molar-refractivity contribution in [3.8, 4) is 11.5 Å². The van der Waals surface area contributed by atoms with E-state index in [4.69, 9.17) is 14.2 Å². The molecule has 1 aromatic rings. The molecule has 0 N–H and O–H groups in total. The molecule has 0 atom stereocenters. The number of Topliss-reactive ketones (excluding diaryl/α,β-unsaturated/α-hetero) is 2. The summed E-state index contributed by atoms with van der Waals surface area (Å²) < 4.78 is 16.2. The van der Waals surface area contributed by atoms with Crippen molar-refractivity contribution in [3.63, 3.8) is 0 Å². The average molecular weight is 333 g/mol. The topological polar surface area (TPSA) is 82.1 Å². The molecule has 2 heterocycles. The highest BCUT2D eigenvalue weighted by Crippen LogP contribution is 2.33. The van der Waals surface area contributed by atoms with Crippen molar-refractivity contribution in [1.82, 2.24) is 4.90 Å². The van der Waals surface area contributed by atoms with Gasteiger partial charge in [0.05, 0.1) is 30.9 Å². The second-order valence-corrected chi connectivity index (χ2v) is 5.71. The molecule has 1 aromatic carbocycles. The third-order valence-corrected chi connectivity index (χ3v) is 4.04. The van der Waals surface area contributed by atoms with E-state index in [0.29, 0.717) is 48.9 Å². The van der Waals surface area contributed by atoms with E-state index in [0.717, 1.165) is 0 Å². The number of hydrogen-bond donors (Lipinski definition) is 0. The number of nitrogens with zero attached hydrogens (tertiary/aromatic N) is 1. The number of fused-ring (bicyclic) bond motifs is 1. The van der Waals surface area contributed by atoms with Crippen molar-refractivity contribution >= 4 is 17.5 Å². The maximum atomic E-state index is 12.1. The first-order valence-corrected chi connectivity index (χ1v) is 7.89. The minimum atomic E-state index is -0.217. The van der Waals surface area contributed by atoms with Crippen LogP contribution in [0, 0.1) is 0 Å². The Morgan fingerprint density at radius 1 is 1.21 bits per heavy atom. The Hall–Kier alpha value is -2.41. The van der Waals surface area contributed by atoms with Gasteiger partial charge in [0, 0.05) is 19.5 Å². The number of carbonyl (C=O) groups excluding carboxylic acids is 3. The molecule has 0 bridgehead atoms. The van der Waals surface area contributed by atoms with Gasteiger partial charge in [0.15, 0.2) is 18.2 Å². The van der Waals surface area contributed by atoms with Crippen molar-refractivity contribution in [1.29, 1.82) is 0 Å². The van der Waals surface area contributed by atoms with Crippen LogP contribution in [0.25, 0.3) is 0 Å². The smallest absolute Gasteiger partial charge is 0.260 e. The largest absolute Gasteiger partial charge is 0.492 e. The fourth-order valence-electron chi connectivity index (χ4n) is 2.74. The van der Waals surface area contributed by atoms with Crippen LogP contribution < -0.4 is 9.47 Å². The first kappa shape index (κ1) is 16.4. The second-order valence-electron chi connectivity index (χ2n) is 5.71. The predicted octanol–water partition coefficient (Wildman–Crippen LogP) is 1.09. The molecule has 2 aliphatic heterocycles. The number of morpholine rings is 1. The molecule has 1 saturated heterocycles. The number of rotatable bonds is 4. The Morgan fingerprint density at radius 2 is 1.96 bits per heavy atom. The van der Waals surface area contributed by atoms with E-state index in [1.807, 2.05) is 0 Å². The van der Waals surface area contributed by atoms with Crippen LogP contribution in [-0.2, 0) is 9.53 Å². The lowest BCUT2D eigenvalue weighted by atomic mass is 9.99. The zero-order valence-corrected chi connectivity index (χ0v) is 13.5. The molecule has 0 radical (unpaired) electrons. The fourth-order valence-corrected chi connectivity index (χ4v) is 2.74. The van der Waals surface area contributed by atoms with Crippen LogP contribution in [0.5, 0.6) is 11.5 Å². The van der Waals surface area contributed by atoms with E-state index >= 15 is 0 Å². The van der Waals surface area contributed by atoms with Gasteiger partial charge < -0.3 is 19.1 Å². The van der Waals surface area contributed by atoms with Crippen LogP contribution >= 0.6 is 0 Å². The third-order valence-electron chi connectivity index (χ3n) is 4.04. The van der Waals surface area contributed by atoms with Crippen molar-refractivity contribution in [2.45, 2.75) is 13.3 Å². The minimum Gasteiger partial charge on any atom is -0.492 e. The summed E-state index contributed by atoms with van der Waals surface area (Å²) >= 11 is 0. The maximum absolute atomic E-state index is 12.1.